The molecule has 0 aliphatic rings. The summed E-state index contributed by atoms with van der Waals surface area (Å²) in [5.74, 6) is 0.498. The van der Waals surface area contributed by atoms with E-state index in [1.54, 1.807) is 0 Å². The van der Waals surface area contributed by atoms with Crippen molar-refractivity contribution in [1.29, 1.82) is 0 Å². The monoisotopic (exact) mass is 295 g/mol. The second kappa shape index (κ2) is 10.4. The molecule has 1 amide bonds. The van der Waals surface area contributed by atoms with Crippen LogP contribution in [0.15, 0.2) is 0 Å². The van der Waals surface area contributed by atoms with E-state index < -0.39 is 6.10 Å². The Morgan fingerprint density at radius 2 is 2.11 bits per heavy atom. The van der Waals surface area contributed by atoms with Crippen molar-refractivity contribution in [2.45, 2.75) is 32.0 Å². The first-order valence-electron chi connectivity index (χ1n) is 6.29. The Bertz CT molecular complexity index is 250. The van der Waals surface area contributed by atoms with Gasteiger partial charge in [-0.25, -0.2) is 0 Å². The molecule has 1 unspecified atom stereocenters. The predicted molar refractivity (Wildman–Crippen MR) is 75.2 cm³/mol. The standard InChI is InChI=1S/C12H25NO5S/c1-12(2,18-6-5-14)3-4-13-11(17)9-19-8-10(16)7-15/h10,14-16H,3-9H2,1-2H3,(H,13,17). The van der Waals surface area contributed by atoms with Crippen molar-refractivity contribution in [3.8, 4) is 0 Å². The van der Waals surface area contributed by atoms with Gasteiger partial charge in [-0.15, -0.1) is 11.8 Å². The Balaban J connectivity index is 3.62. The first-order chi connectivity index (χ1) is 8.91. The number of amides is 1. The molecule has 0 saturated heterocycles. The second-order valence-corrected chi connectivity index (χ2v) is 5.81. The summed E-state index contributed by atoms with van der Waals surface area (Å²) in [6.45, 7) is 4.29. The summed E-state index contributed by atoms with van der Waals surface area (Å²) in [5.41, 5.74) is -0.379. The van der Waals surface area contributed by atoms with E-state index in [1.165, 1.54) is 11.8 Å². The molecule has 114 valence electrons. The molecule has 0 heterocycles. The molecule has 0 rings (SSSR count). The Morgan fingerprint density at radius 1 is 1.42 bits per heavy atom. The minimum atomic E-state index is -0.774. The van der Waals surface area contributed by atoms with Crippen molar-refractivity contribution < 1.29 is 24.9 Å². The third-order valence-corrected chi connectivity index (χ3v) is 3.47. The van der Waals surface area contributed by atoms with Crippen LogP contribution in [-0.2, 0) is 9.53 Å². The number of aliphatic hydroxyl groups is 3. The highest BCUT2D eigenvalue weighted by Gasteiger charge is 2.18. The minimum absolute atomic E-state index is 0.0143. The predicted octanol–water partition coefficient (Wildman–Crippen LogP) is -0.633. The van der Waals surface area contributed by atoms with Crippen molar-refractivity contribution >= 4 is 17.7 Å². The van der Waals surface area contributed by atoms with Gasteiger partial charge < -0.3 is 25.4 Å². The van der Waals surface area contributed by atoms with E-state index in [1.807, 2.05) is 13.8 Å². The van der Waals surface area contributed by atoms with Crippen LogP contribution in [0.5, 0.6) is 0 Å². The molecular formula is C12H25NO5S. The zero-order valence-corrected chi connectivity index (χ0v) is 12.4. The fourth-order valence-corrected chi connectivity index (χ4v) is 2.07. The summed E-state index contributed by atoms with van der Waals surface area (Å²) in [6, 6.07) is 0. The van der Waals surface area contributed by atoms with E-state index >= 15 is 0 Å². The summed E-state index contributed by atoms with van der Waals surface area (Å²) in [4.78, 5) is 11.5. The van der Waals surface area contributed by atoms with Crippen molar-refractivity contribution in [3.05, 3.63) is 0 Å². The van der Waals surface area contributed by atoms with Crippen molar-refractivity contribution in [1.82, 2.24) is 5.32 Å². The number of rotatable bonds is 11. The maximum Gasteiger partial charge on any atom is 0.229 e. The maximum atomic E-state index is 11.5. The number of thioether (sulfide) groups is 1. The van der Waals surface area contributed by atoms with Gasteiger partial charge in [0.15, 0.2) is 0 Å². The molecule has 0 saturated carbocycles. The fourth-order valence-electron chi connectivity index (χ4n) is 1.29. The van der Waals surface area contributed by atoms with E-state index in [2.05, 4.69) is 5.32 Å². The maximum absolute atomic E-state index is 11.5. The van der Waals surface area contributed by atoms with Crippen LogP contribution < -0.4 is 5.32 Å². The lowest BCUT2D eigenvalue weighted by atomic mass is 10.1. The Hall–Kier alpha value is -0.340. The number of nitrogens with one attached hydrogen (secondary N) is 1. The first-order valence-corrected chi connectivity index (χ1v) is 7.45. The van der Waals surface area contributed by atoms with Gasteiger partial charge >= 0.3 is 0 Å². The smallest absolute Gasteiger partial charge is 0.229 e. The number of hydrogen-bond acceptors (Lipinski definition) is 6. The molecule has 0 spiro atoms. The van der Waals surface area contributed by atoms with Crippen LogP contribution in [0.25, 0.3) is 0 Å². The Labute approximate surface area is 118 Å². The number of ether oxygens (including phenoxy) is 1. The Morgan fingerprint density at radius 3 is 2.68 bits per heavy atom. The molecule has 1 atom stereocenters. The summed E-state index contributed by atoms with van der Waals surface area (Å²) in [5, 5.41) is 29.1. The van der Waals surface area contributed by atoms with Crippen LogP contribution in [0.2, 0.25) is 0 Å². The lowest BCUT2D eigenvalue weighted by Gasteiger charge is -2.25. The van der Waals surface area contributed by atoms with Gasteiger partial charge in [-0.3, -0.25) is 4.79 Å². The topological polar surface area (TPSA) is 99.0 Å². The van der Waals surface area contributed by atoms with Crippen LogP contribution in [0, 0.1) is 0 Å². The van der Waals surface area contributed by atoms with Gasteiger partial charge in [0.25, 0.3) is 0 Å². The molecule has 0 aromatic heterocycles. The van der Waals surface area contributed by atoms with Crippen LogP contribution >= 0.6 is 11.8 Å². The quantitative estimate of drug-likeness (QED) is 0.405. The largest absolute Gasteiger partial charge is 0.394 e. The molecule has 0 aliphatic heterocycles. The Kier molecular flexibility index (Phi) is 10.3. The van der Waals surface area contributed by atoms with Crippen molar-refractivity contribution in [2.75, 3.05) is 37.9 Å². The number of aliphatic hydroxyl groups excluding tert-OH is 3. The summed E-state index contributed by atoms with van der Waals surface area (Å²) in [7, 11) is 0. The van der Waals surface area contributed by atoms with E-state index in [-0.39, 0.29) is 37.1 Å². The zero-order chi connectivity index (χ0) is 14.7. The lowest BCUT2D eigenvalue weighted by molar-refractivity contribution is -0.118. The third kappa shape index (κ3) is 11.2. The average Bonchev–Trinajstić information content (AvgIpc) is 2.36. The number of carbonyl (C=O) groups is 1. The second-order valence-electron chi connectivity index (χ2n) is 4.78. The van der Waals surface area contributed by atoms with E-state index in [4.69, 9.17) is 20.1 Å². The molecule has 0 bridgehead atoms. The van der Waals surface area contributed by atoms with Crippen LogP contribution in [0.4, 0.5) is 0 Å². The lowest BCUT2D eigenvalue weighted by Crippen LogP contribution is -2.34. The van der Waals surface area contributed by atoms with Crippen LogP contribution in [0.1, 0.15) is 20.3 Å². The average molecular weight is 295 g/mol. The summed E-state index contributed by atoms with van der Waals surface area (Å²) >= 11 is 1.28. The molecule has 7 heteroatoms. The van der Waals surface area contributed by atoms with Gasteiger partial charge in [0.05, 0.1) is 37.3 Å². The van der Waals surface area contributed by atoms with Gasteiger partial charge in [-0.1, -0.05) is 0 Å². The van der Waals surface area contributed by atoms with Gasteiger partial charge in [-0.2, -0.15) is 0 Å². The van der Waals surface area contributed by atoms with Gasteiger partial charge in [0.2, 0.25) is 5.91 Å². The molecule has 0 radical (unpaired) electrons. The van der Waals surface area contributed by atoms with E-state index in [9.17, 15) is 4.79 Å². The van der Waals surface area contributed by atoms with Gasteiger partial charge in [0.1, 0.15) is 0 Å². The molecule has 4 N–H and O–H groups in total. The molecule has 19 heavy (non-hydrogen) atoms. The number of carbonyl (C=O) groups excluding carboxylic acids is 1. The van der Waals surface area contributed by atoms with Crippen molar-refractivity contribution in [3.63, 3.8) is 0 Å². The van der Waals surface area contributed by atoms with Gasteiger partial charge in [-0.05, 0) is 20.3 Å². The minimum Gasteiger partial charge on any atom is -0.394 e. The van der Waals surface area contributed by atoms with Crippen molar-refractivity contribution in [2.24, 2.45) is 0 Å². The third-order valence-electron chi connectivity index (χ3n) is 2.39. The normalized spacial score (nSPS) is 13.3. The summed E-state index contributed by atoms with van der Waals surface area (Å²) in [6.07, 6.45) is -0.119. The highest BCUT2D eigenvalue weighted by atomic mass is 32.2. The summed E-state index contributed by atoms with van der Waals surface area (Å²) < 4.78 is 5.42. The fraction of sp³-hybridized carbons (Fsp3) is 0.917. The molecule has 0 aromatic rings. The SMILES string of the molecule is CC(C)(CCNC(=O)CSCC(O)CO)OCCO. The highest BCUT2D eigenvalue weighted by molar-refractivity contribution is 7.99. The highest BCUT2D eigenvalue weighted by Crippen LogP contribution is 2.13. The molecular weight excluding hydrogens is 270 g/mol. The number of hydrogen-bond donors (Lipinski definition) is 4. The van der Waals surface area contributed by atoms with E-state index in [0.717, 1.165) is 0 Å². The molecule has 0 aromatic carbocycles. The van der Waals surface area contributed by atoms with E-state index in [0.29, 0.717) is 18.7 Å². The van der Waals surface area contributed by atoms with Crippen LogP contribution in [0.3, 0.4) is 0 Å². The molecule has 0 fully saturated rings. The zero-order valence-electron chi connectivity index (χ0n) is 11.6. The molecule has 0 aliphatic carbocycles. The molecule has 6 nitrogen and oxygen atoms in total. The first kappa shape index (κ1) is 18.7. The van der Waals surface area contributed by atoms with Crippen LogP contribution in [-0.4, -0.2) is 70.8 Å². The van der Waals surface area contributed by atoms with Gasteiger partial charge in [0, 0.05) is 12.3 Å².